The van der Waals surface area contributed by atoms with Crippen molar-refractivity contribution in [3.8, 4) is 16.9 Å². The molecule has 9 heteroatoms. The molecule has 3 N–H and O–H groups in total. The van der Waals surface area contributed by atoms with Gasteiger partial charge in [0.2, 0.25) is 0 Å². The average Bonchev–Trinajstić information content (AvgIpc) is 3.50. The molecule has 0 aliphatic carbocycles. The van der Waals surface area contributed by atoms with Gasteiger partial charge in [-0.25, -0.2) is 14.2 Å². The molecule has 2 amide bonds. The van der Waals surface area contributed by atoms with Gasteiger partial charge in [0.05, 0.1) is 13.2 Å². The number of ether oxygens (including phenoxy) is 1. The number of carbonyl (C=O) groups is 1. The predicted octanol–water partition coefficient (Wildman–Crippen LogP) is 3.24. The molecule has 2 aromatic heterocycles. The van der Waals surface area contributed by atoms with E-state index in [0.29, 0.717) is 37.5 Å². The summed E-state index contributed by atoms with van der Waals surface area (Å²) in [4.78, 5) is 24.4. The number of amides is 2. The van der Waals surface area contributed by atoms with Gasteiger partial charge in [0, 0.05) is 62.1 Å². The lowest BCUT2D eigenvalue weighted by atomic mass is 10.0. The Morgan fingerprint density at radius 2 is 2.17 bits per heavy atom. The van der Waals surface area contributed by atoms with Gasteiger partial charge in [-0.3, -0.25) is 4.90 Å². The number of benzene rings is 1. The fourth-order valence-electron chi connectivity index (χ4n) is 4.87. The second-order valence-corrected chi connectivity index (χ2v) is 9.05. The van der Waals surface area contributed by atoms with Crippen molar-refractivity contribution in [2.75, 3.05) is 46.4 Å². The van der Waals surface area contributed by atoms with Gasteiger partial charge in [-0.1, -0.05) is 6.08 Å². The van der Waals surface area contributed by atoms with Crippen molar-refractivity contribution >= 4 is 22.6 Å². The van der Waals surface area contributed by atoms with Crippen LogP contribution in [0.1, 0.15) is 18.5 Å². The second-order valence-electron chi connectivity index (χ2n) is 9.05. The fraction of sp³-hybridized carbons (Fsp3) is 0.385. The first-order valence-corrected chi connectivity index (χ1v) is 12.0. The van der Waals surface area contributed by atoms with Crippen molar-refractivity contribution in [2.45, 2.75) is 18.9 Å². The minimum absolute atomic E-state index is 0.0705. The van der Waals surface area contributed by atoms with Crippen LogP contribution in [-0.4, -0.2) is 83.4 Å². The Bertz CT molecular complexity index is 1260. The minimum Gasteiger partial charge on any atom is -0.496 e. The molecule has 5 rings (SSSR count). The summed E-state index contributed by atoms with van der Waals surface area (Å²) in [5.74, 6) is 0.272. The van der Waals surface area contributed by atoms with E-state index in [-0.39, 0.29) is 18.0 Å². The Kier molecular flexibility index (Phi) is 6.70. The van der Waals surface area contributed by atoms with E-state index in [4.69, 9.17) is 4.74 Å². The highest BCUT2D eigenvalue weighted by Gasteiger charge is 2.22. The van der Waals surface area contributed by atoms with E-state index in [1.165, 1.54) is 12.1 Å². The Morgan fingerprint density at radius 3 is 2.91 bits per heavy atom. The highest BCUT2D eigenvalue weighted by Crippen LogP contribution is 2.36. The standard InChI is InChI=1S/C26H30FN5O3/c1-35-24-3-2-18(27)14-21(24)20-4-8-28-25-22(20)15-23(30-25)17-5-11-32(12-6-17)26(34)29-9-13-31-10-7-19(33)16-31/h2-5,8,14-15,19,33H,6-7,9-13,16H2,1H3,(H,28,30)(H,29,34)/t19-/m0/s1. The number of hydrogen-bond acceptors (Lipinski definition) is 5. The summed E-state index contributed by atoms with van der Waals surface area (Å²) >= 11 is 0. The number of β-amino-alcohol motifs (C(OH)–C–C–N with tert-alkyl or cyclic N) is 1. The Balaban J connectivity index is 1.27. The molecule has 2 aliphatic heterocycles. The Hall–Kier alpha value is -3.43. The molecule has 3 aromatic rings. The number of aliphatic hydroxyl groups excluding tert-OH is 1. The van der Waals surface area contributed by atoms with E-state index in [1.807, 2.05) is 12.1 Å². The summed E-state index contributed by atoms with van der Waals surface area (Å²) in [7, 11) is 1.57. The van der Waals surface area contributed by atoms with Crippen LogP contribution < -0.4 is 10.1 Å². The molecule has 0 saturated carbocycles. The molecule has 1 atom stereocenters. The average molecular weight is 480 g/mol. The number of pyridine rings is 1. The van der Waals surface area contributed by atoms with E-state index in [0.717, 1.165) is 53.8 Å². The number of carbonyl (C=O) groups excluding carboxylic acids is 1. The fourth-order valence-corrected chi connectivity index (χ4v) is 4.87. The molecule has 0 bridgehead atoms. The van der Waals surface area contributed by atoms with Crippen LogP contribution in [0.15, 0.2) is 42.6 Å². The SMILES string of the molecule is COc1ccc(F)cc1-c1ccnc2[nH]c(C3=CCN(C(=O)NCCN4CC[C@H](O)C4)CC3)cc12. The number of aromatic amines is 1. The second kappa shape index (κ2) is 10.1. The number of methoxy groups -OCH3 is 1. The molecule has 4 heterocycles. The monoisotopic (exact) mass is 479 g/mol. The van der Waals surface area contributed by atoms with Crippen molar-refractivity contribution < 1.29 is 19.0 Å². The topological polar surface area (TPSA) is 93.7 Å². The quantitative estimate of drug-likeness (QED) is 0.505. The smallest absolute Gasteiger partial charge is 0.317 e. The normalized spacial score (nSPS) is 18.7. The predicted molar refractivity (Wildman–Crippen MR) is 133 cm³/mol. The van der Waals surface area contributed by atoms with Crippen LogP contribution in [0, 0.1) is 5.82 Å². The summed E-state index contributed by atoms with van der Waals surface area (Å²) in [5.41, 5.74) is 4.31. The van der Waals surface area contributed by atoms with Gasteiger partial charge in [0.25, 0.3) is 0 Å². The van der Waals surface area contributed by atoms with E-state index in [2.05, 4.69) is 26.3 Å². The number of fused-ring (bicyclic) bond motifs is 1. The van der Waals surface area contributed by atoms with Crippen molar-refractivity contribution in [2.24, 2.45) is 0 Å². The van der Waals surface area contributed by atoms with Gasteiger partial charge in [-0.15, -0.1) is 0 Å². The minimum atomic E-state index is -0.326. The molecule has 0 spiro atoms. The molecular weight excluding hydrogens is 449 g/mol. The number of hydrogen-bond donors (Lipinski definition) is 3. The molecule has 0 radical (unpaired) electrons. The molecular formula is C26H30FN5O3. The number of likely N-dealkylation sites (tertiary alicyclic amines) is 1. The summed E-state index contributed by atoms with van der Waals surface area (Å²) < 4.78 is 19.5. The molecule has 1 saturated heterocycles. The number of aromatic nitrogens is 2. The maximum atomic E-state index is 14.0. The molecule has 8 nitrogen and oxygen atoms in total. The number of halogens is 1. The van der Waals surface area contributed by atoms with Crippen molar-refractivity contribution in [1.29, 1.82) is 0 Å². The molecule has 1 fully saturated rings. The molecule has 2 aliphatic rings. The number of urea groups is 1. The third-order valence-corrected chi connectivity index (χ3v) is 6.78. The lowest BCUT2D eigenvalue weighted by Crippen LogP contribution is -2.44. The summed E-state index contributed by atoms with van der Waals surface area (Å²) in [6.07, 6.45) is 5.04. The van der Waals surface area contributed by atoms with E-state index in [9.17, 15) is 14.3 Å². The first-order valence-electron chi connectivity index (χ1n) is 12.0. The van der Waals surface area contributed by atoms with Gasteiger partial charge in [0.1, 0.15) is 17.2 Å². The lowest BCUT2D eigenvalue weighted by molar-refractivity contribution is 0.175. The van der Waals surface area contributed by atoms with E-state index >= 15 is 0 Å². The van der Waals surface area contributed by atoms with Crippen LogP contribution in [-0.2, 0) is 0 Å². The summed E-state index contributed by atoms with van der Waals surface area (Å²) in [5, 5.41) is 13.5. The molecule has 0 unspecified atom stereocenters. The third kappa shape index (κ3) is 5.01. The van der Waals surface area contributed by atoms with Gasteiger partial charge in [-0.05, 0) is 54.3 Å². The van der Waals surface area contributed by atoms with Crippen molar-refractivity contribution in [3.05, 3.63) is 54.1 Å². The number of nitrogens with one attached hydrogen (secondary N) is 2. The van der Waals surface area contributed by atoms with Crippen molar-refractivity contribution in [1.82, 2.24) is 25.1 Å². The summed E-state index contributed by atoms with van der Waals surface area (Å²) in [6, 6.07) is 8.31. The zero-order valence-corrected chi connectivity index (χ0v) is 19.8. The van der Waals surface area contributed by atoms with Crippen LogP contribution in [0.3, 0.4) is 0 Å². The van der Waals surface area contributed by atoms with Crippen molar-refractivity contribution in [3.63, 3.8) is 0 Å². The molecule has 184 valence electrons. The first kappa shape index (κ1) is 23.3. The van der Waals surface area contributed by atoms with E-state index in [1.54, 1.807) is 24.3 Å². The third-order valence-electron chi connectivity index (χ3n) is 6.78. The lowest BCUT2D eigenvalue weighted by Gasteiger charge is -2.27. The van der Waals surface area contributed by atoms with Gasteiger partial charge >= 0.3 is 6.03 Å². The van der Waals surface area contributed by atoms with Crippen LogP contribution in [0.5, 0.6) is 5.75 Å². The highest BCUT2D eigenvalue weighted by atomic mass is 19.1. The van der Waals surface area contributed by atoms with E-state index < -0.39 is 0 Å². The zero-order chi connectivity index (χ0) is 24.4. The van der Waals surface area contributed by atoms with Crippen LogP contribution in [0.4, 0.5) is 9.18 Å². The zero-order valence-electron chi connectivity index (χ0n) is 19.8. The largest absolute Gasteiger partial charge is 0.496 e. The van der Waals surface area contributed by atoms with Gasteiger partial charge < -0.3 is 25.0 Å². The van der Waals surface area contributed by atoms with Gasteiger partial charge in [-0.2, -0.15) is 0 Å². The van der Waals surface area contributed by atoms with Crippen LogP contribution >= 0.6 is 0 Å². The summed E-state index contributed by atoms with van der Waals surface area (Å²) in [6.45, 7) is 4.01. The van der Waals surface area contributed by atoms with Gasteiger partial charge in [0.15, 0.2) is 0 Å². The number of aliphatic hydroxyl groups is 1. The number of H-pyrrole nitrogens is 1. The first-order chi connectivity index (χ1) is 17.0. The number of nitrogens with zero attached hydrogens (tertiary/aromatic N) is 3. The maximum absolute atomic E-state index is 14.0. The Morgan fingerprint density at radius 1 is 1.29 bits per heavy atom. The van der Waals surface area contributed by atoms with Crippen LogP contribution in [0.2, 0.25) is 0 Å². The molecule has 1 aromatic carbocycles. The maximum Gasteiger partial charge on any atom is 0.317 e. The van der Waals surface area contributed by atoms with Crippen LogP contribution in [0.25, 0.3) is 27.7 Å². The number of rotatable bonds is 6. The molecule has 35 heavy (non-hydrogen) atoms. The highest BCUT2D eigenvalue weighted by molar-refractivity contribution is 5.96. The Labute approximate surface area is 203 Å².